The Bertz CT molecular complexity index is 986. The predicted octanol–water partition coefficient (Wildman–Crippen LogP) is 2.94. The molecule has 0 spiro atoms. The van der Waals surface area contributed by atoms with Crippen LogP contribution in [0.5, 0.6) is 5.75 Å². The second-order valence-electron chi connectivity index (χ2n) is 6.43. The molecule has 152 valence electrons. The summed E-state index contributed by atoms with van der Waals surface area (Å²) in [7, 11) is 0. The van der Waals surface area contributed by atoms with Gasteiger partial charge in [0, 0.05) is 6.54 Å². The Morgan fingerprint density at radius 1 is 1.41 bits per heavy atom. The molecule has 1 aliphatic heterocycles. The second-order valence-corrected chi connectivity index (χ2v) is 7.43. The van der Waals surface area contributed by atoms with Gasteiger partial charge in [-0.25, -0.2) is 9.78 Å². The molecule has 1 aromatic heterocycles. The predicted molar refractivity (Wildman–Crippen MR) is 109 cm³/mol. The van der Waals surface area contributed by atoms with Gasteiger partial charge in [0.15, 0.2) is 5.13 Å². The number of rotatable bonds is 6. The number of fused-ring (bicyclic) bond motifs is 1. The van der Waals surface area contributed by atoms with Crippen molar-refractivity contribution in [2.24, 2.45) is 0 Å². The molecule has 0 bridgehead atoms. The minimum atomic E-state index is -1.77. The first-order valence-corrected chi connectivity index (χ1v) is 9.80. The van der Waals surface area contributed by atoms with Gasteiger partial charge in [-0.15, -0.1) is 0 Å². The maximum Gasteiger partial charge on any atom is 0.350 e. The van der Waals surface area contributed by atoms with Crippen molar-refractivity contribution in [1.29, 1.82) is 0 Å². The zero-order valence-corrected chi connectivity index (χ0v) is 17.2. The number of carbonyl (C=O) groups is 3. The highest BCUT2D eigenvalue weighted by Crippen LogP contribution is 2.38. The van der Waals surface area contributed by atoms with E-state index >= 15 is 0 Å². The van der Waals surface area contributed by atoms with Crippen molar-refractivity contribution in [3.05, 3.63) is 47.5 Å². The summed E-state index contributed by atoms with van der Waals surface area (Å²) in [6.45, 7) is 8.83. The number of thiazole rings is 1. The van der Waals surface area contributed by atoms with Gasteiger partial charge in [-0.2, -0.15) is 0 Å². The van der Waals surface area contributed by atoms with Crippen molar-refractivity contribution >= 4 is 39.9 Å². The lowest BCUT2D eigenvalue weighted by Crippen LogP contribution is -2.60. The number of para-hydroxylation sites is 2. The lowest BCUT2D eigenvalue weighted by Gasteiger charge is -2.38. The Labute approximate surface area is 172 Å². The van der Waals surface area contributed by atoms with E-state index in [1.54, 1.807) is 31.2 Å². The van der Waals surface area contributed by atoms with Crippen LogP contribution in [0.2, 0.25) is 0 Å². The van der Waals surface area contributed by atoms with Crippen molar-refractivity contribution < 1.29 is 23.9 Å². The highest BCUT2D eigenvalue weighted by molar-refractivity contribution is 7.17. The van der Waals surface area contributed by atoms with Crippen LogP contribution in [0, 0.1) is 6.92 Å². The first-order valence-electron chi connectivity index (χ1n) is 8.98. The van der Waals surface area contributed by atoms with Crippen LogP contribution in [0.15, 0.2) is 36.9 Å². The highest BCUT2D eigenvalue weighted by Gasteiger charge is 2.50. The van der Waals surface area contributed by atoms with Gasteiger partial charge in [-0.05, 0) is 32.9 Å². The molecule has 1 unspecified atom stereocenters. The van der Waals surface area contributed by atoms with Crippen molar-refractivity contribution in [3.8, 4) is 5.75 Å². The number of amides is 2. The highest BCUT2D eigenvalue weighted by atomic mass is 32.1. The summed E-state index contributed by atoms with van der Waals surface area (Å²) >= 11 is 0.970. The van der Waals surface area contributed by atoms with Gasteiger partial charge in [0.1, 0.15) is 17.2 Å². The minimum Gasteiger partial charge on any atom is -0.465 e. The van der Waals surface area contributed by atoms with Gasteiger partial charge < -0.3 is 14.4 Å². The van der Waals surface area contributed by atoms with Crippen molar-refractivity contribution in [2.45, 2.75) is 26.4 Å². The molecule has 2 amide bonds. The number of nitrogens with one attached hydrogen (secondary N) is 1. The van der Waals surface area contributed by atoms with Crippen molar-refractivity contribution in [1.82, 2.24) is 4.98 Å². The van der Waals surface area contributed by atoms with E-state index in [4.69, 9.17) is 9.47 Å². The van der Waals surface area contributed by atoms with E-state index in [1.165, 1.54) is 17.9 Å². The van der Waals surface area contributed by atoms with E-state index in [2.05, 4.69) is 16.9 Å². The number of hydrogen-bond donors (Lipinski definition) is 1. The average molecular weight is 415 g/mol. The van der Waals surface area contributed by atoms with E-state index in [0.29, 0.717) is 23.7 Å². The van der Waals surface area contributed by atoms with Gasteiger partial charge in [-0.1, -0.05) is 36.1 Å². The van der Waals surface area contributed by atoms with Crippen LogP contribution in [-0.2, 0) is 14.3 Å². The summed E-state index contributed by atoms with van der Waals surface area (Å²) in [5.41, 5.74) is -0.739. The molecule has 1 aromatic carbocycles. The Morgan fingerprint density at radius 3 is 2.83 bits per heavy atom. The molecule has 1 atom stereocenters. The largest absolute Gasteiger partial charge is 0.465 e. The number of ether oxygens (including phenoxy) is 2. The number of aryl methyl sites for hydroxylation is 1. The van der Waals surface area contributed by atoms with Crippen LogP contribution in [0.4, 0.5) is 10.8 Å². The Morgan fingerprint density at radius 2 is 2.14 bits per heavy atom. The first-order chi connectivity index (χ1) is 13.8. The SMILES string of the molecule is C=CCOC(=O)c1sc(NC(=O)C2(C)Oc3ccccc3N(CC)C2=O)nc1C. The topological polar surface area (TPSA) is 97.8 Å². The molecule has 29 heavy (non-hydrogen) atoms. The number of carbonyl (C=O) groups excluding carboxylic acids is 3. The lowest BCUT2D eigenvalue weighted by molar-refractivity contribution is -0.145. The lowest BCUT2D eigenvalue weighted by atomic mass is 10.00. The smallest absolute Gasteiger partial charge is 0.350 e. The molecule has 8 nitrogen and oxygen atoms in total. The third-order valence-electron chi connectivity index (χ3n) is 4.41. The Kier molecular flexibility index (Phi) is 5.69. The molecule has 1 N–H and O–H groups in total. The molecule has 0 radical (unpaired) electrons. The quantitative estimate of drug-likeness (QED) is 0.443. The zero-order chi connectivity index (χ0) is 21.2. The second kappa shape index (κ2) is 8.04. The summed E-state index contributed by atoms with van der Waals surface area (Å²) in [6.07, 6.45) is 1.46. The molecule has 2 heterocycles. The van der Waals surface area contributed by atoms with Gasteiger partial charge in [0.25, 0.3) is 17.4 Å². The maximum atomic E-state index is 13.0. The van der Waals surface area contributed by atoms with E-state index < -0.39 is 23.4 Å². The number of benzene rings is 1. The summed E-state index contributed by atoms with van der Waals surface area (Å²) in [5, 5.41) is 2.78. The van der Waals surface area contributed by atoms with E-state index in [-0.39, 0.29) is 16.6 Å². The maximum absolute atomic E-state index is 13.0. The van der Waals surface area contributed by atoms with E-state index in [9.17, 15) is 14.4 Å². The summed E-state index contributed by atoms with van der Waals surface area (Å²) < 4.78 is 10.8. The number of likely N-dealkylation sites (N-methyl/N-ethyl adjacent to an activating group) is 1. The normalized spacial score (nSPS) is 17.9. The van der Waals surface area contributed by atoms with Gasteiger partial charge in [-0.3, -0.25) is 14.9 Å². The fourth-order valence-corrected chi connectivity index (χ4v) is 3.77. The Balaban J connectivity index is 1.84. The molecule has 0 saturated heterocycles. The number of nitrogens with zero attached hydrogens (tertiary/aromatic N) is 2. The molecule has 0 aliphatic carbocycles. The molecule has 9 heteroatoms. The third-order valence-corrected chi connectivity index (χ3v) is 5.46. The van der Waals surface area contributed by atoms with E-state index in [0.717, 1.165) is 11.3 Å². The average Bonchev–Trinajstić information content (AvgIpc) is 3.07. The number of hydrogen-bond acceptors (Lipinski definition) is 7. The fraction of sp³-hybridized carbons (Fsp3) is 0.300. The van der Waals surface area contributed by atoms with Crippen molar-refractivity contribution in [2.75, 3.05) is 23.4 Å². The van der Waals surface area contributed by atoms with Crippen LogP contribution in [0.1, 0.15) is 29.2 Å². The van der Waals surface area contributed by atoms with E-state index in [1.807, 2.05) is 6.92 Å². The molecule has 0 fully saturated rings. The standard InChI is InChI=1S/C20H21N3O5S/c1-5-11-27-16(24)15-12(3)21-19(29-15)22-17(25)20(4)18(26)23(6-2)13-9-7-8-10-14(13)28-20/h5,7-10H,1,6,11H2,2-4H3,(H,21,22,25). The number of anilines is 2. The first kappa shape index (κ1) is 20.5. The molecular weight excluding hydrogens is 394 g/mol. The van der Waals surface area contributed by atoms with Crippen LogP contribution in [0.3, 0.4) is 0 Å². The van der Waals surface area contributed by atoms with Crippen LogP contribution < -0.4 is 15.0 Å². The van der Waals surface area contributed by atoms with Crippen LogP contribution in [-0.4, -0.2) is 41.5 Å². The zero-order valence-electron chi connectivity index (χ0n) is 16.4. The molecule has 1 aliphatic rings. The molecule has 2 aromatic rings. The third kappa shape index (κ3) is 3.73. The van der Waals surface area contributed by atoms with Gasteiger partial charge >= 0.3 is 5.97 Å². The molecule has 0 saturated carbocycles. The van der Waals surface area contributed by atoms with Gasteiger partial charge in [0.2, 0.25) is 0 Å². The summed E-state index contributed by atoms with van der Waals surface area (Å²) in [4.78, 5) is 44.0. The number of esters is 1. The fourth-order valence-electron chi connectivity index (χ4n) is 2.91. The summed E-state index contributed by atoms with van der Waals surface area (Å²) in [6, 6.07) is 7.04. The van der Waals surface area contributed by atoms with Crippen LogP contribution in [0.25, 0.3) is 0 Å². The number of aromatic nitrogens is 1. The summed E-state index contributed by atoms with van der Waals surface area (Å²) in [5.74, 6) is -1.26. The van der Waals surface area contributed by atoms with Crippen molar-refractivity contribution in [3.63, 3.8) is 0 Å². The molecular formula is C20H21N3O5S. The van der Waals surface area contributed by atoms with Gasteiger partial charge in [0.05, 0.1) is 11.4 Å². The monoisotopic (exact) mass is 415 g/mol. The minimum absolute atomic E-state index is 0.0739. The molecule has 3 rings (SSSR count). The Hall–Kier alpha value is -3.20. The van der Waals surface area contributed by atoms with Crippen LogP contribution >= 0.6 is 11.3 Å².